The van der Waals surface area contributed by atoms with E-state index in [0.29, 0.717) is 6.04 Å². The van der Waals surface area contributed by atoms with Crippen molar-refractivity contribution in [2.24, 2.45) is 5.73 Å². The minimum absolute atomic E-state index is 0.547. The summed E-state index contributed by atoms with van der Waals surface area (Å²) in [5, 5.41) is 2.54. The molecule has 1 unspecified atom stereocenters. The van der Waals surface area contributed by atoms with Gasteiger partial charge < -0.3 is 5.73 Å². The Hall–Kier alpha value is -1.45. The van der Waals surface area contributed by atoms with Crippen LogP contribution >= 0.6 is 0 Å². The van der Waals surface area contributed by atoms with Crippen LogP contribution in [0.1, 0.15) is 24.8 Å². The Labute approximate surface area is 114 Å². The van der Waals surface area contributed by atoms with Crippen molar-refractivity contribution in [3.8, 4) is 0 Å². The SMILES string of the molecule is NCC1CCCCN1Cc1cccc2cnccc12. The number of rotatable bonds is 3. The monoisotopic (exact) mass is 255 g/mol. The Morgan fingerprint density at radius 3 is 3.11 bits per heavy atom. The van der Waals surface area contributed by atoms with Gasteiger partial charge in [-0.3, -0.25) is 9.88 Å². The predicted octanol–water partition coefficient (Wildman–Crippen LogP) is 2.55. The van der Waals surface area contributed by atoms with E-state index in [1.165, 1.54) is 42.1 Å². The Morgan fingerprint density at radius 2 is 2.21 bits per heavy atom. The molecule has 19 heavy (non-hydrogen) atoms. The van der Waals surface area contributed by atoms with E-state index in [0.717, 1.165) is 13.1 Å². The average Bonchev–Trinajstić information content (AvgIpc) is 2.48. The summed E-state index contributed by atoms with van der Waals surface area (Å²) in [6.07, 6.45) is 7.67. The maximum atomic E-state index is 5.91. The highest BCUT2D eigenvalue weighted by molar-refractivity contribution is 5.84. The molecule has 2 heterocycles. The third-order valence-electron chi connectivity index (χ3n) is 4.17. The number of benzene rings is 1. The quantitative estimate of drug-likeness (QED) is 0.916. The highest BCUT2D eigenvalue weighted by atomic mass is 15.2. The van der Waals surface area contributed by atoms with E-state index in [1.807, 2.05) is 12.4 Å². The maximum absolute atomic E-state index is 5.91. The van der Waals surface area contributed by atoms with Gasteiger partial charge in [0, 0.05) is 36.9 Å². The molecule has 3 rings (SSSR count). The lowest BCUT2D eigenvalue weighted by Gasteiger charge is -2.35. The van der Waals surface area contributed by atoms with Gasteiger partial charge in [-0.2, -0.15) is 0 Å². The predicted molar refractivity (Wildman–Crippen MR) is 78.8 cm³/mol. The normalized spacial score (nSPS) is 20.8. The maximum Gasteiger partial charge on any atom is 0.0346 e. The lowest BCUT2D eigenvalue weighted by Crippen LogP contribution is -2.43. The molecule has 1 aliphatic heterocycles. The van der Waals surface area contributed by atoms with Crippen molar-refractivity contribution in [3.63, 3.8) is 0 Å². The molecule has 0 radical (unpaired) electrons. The zero-order valence-corrected chi connectivity index (χ0v) is 11.3. The lowest BCUT2D eigenvalue weighted by atomic mass is 10.00. The Kier molecular flexibility index (Phi) is 3.76. The molecule has 0 bridgehead atoms. The van der Waals surface area contributed by atoms with Crippen LogP contribution < -0.4 is 5.73 Å². The molecular weight excluding hydrogens is 234 g/mol. The largest absolute Gasteiger partial charge is 0.329 e. The summed E-state index contributed by atoms with van der Waals surface area (Å²) in [7, 11) is 0. The first-order chi connectivity index (χ1) is 9.38. The molecule has 1 saturated heterocycles. The number of hydrogen-bond donors (Lipinski definition) is 1. The van der Waals surface area contributed by atoms with Crippen LogP contribution in [0.5, 0.6) is 0 Å². The molecule has 3 heteroatoms. The molecule has 2 N–H and O–H groups in total. The van der Waals surface area contributed by atoms with Crippen molar-refractivity contribution in [1.29, 1.82) is 0 Å². The number of pyridine rings is 1. The Balaban J connectivity index is 1.88. The highest BCUT2D eigenvalue weighted by Gasteiger charge is 2.21. The minimum Gasteiger partial charge on any atom is -0.329 e. The average molecular weight is 255 g/mol. The molecule has 1 aromatic carbocycles. The van der Waals surface area contributed by atoms with Gasteiger partial charge in [0.25, 0.3) is 0 Å². The molecule has 0 spiro atoms. The molecule has 100 valence electrons. The summed E-state index contributed by atoms with van der Waals surface area (Å²) in [5.41, 5.74) is 7.30. The van der Waals surface area contributed by atoms with Gasteiger partial charge in [0.05, 0.1) is 0 Å². The van der Waals surface area contributed by atoms with Crippen LogP contribution in [0.15, 0.2) is 36.7 Å². The number of piperidine rings is 1. The van der Waals surface area contributed by atoms with E-state index in [2.05, 4.69) is 34.1 Å². The topological polar surface area (TPSA) is 42.1 Å². The number of nitrogens with zero attached hydrogens (tertiary/aromatic N) is 2. The number of nitrogens with two attached hydrogens (primary N) is 1. The minimum atomic E-state index is 0.547. The summed E-state index contributed by atoms with van der Waals surface area (Å²) in [4.78, 5) is 6.74. The number of fused-ring (bicyclic) bond motifs is 1. The molecule has 0 amide bonds. The second-order valence-corrected chi connectivity index (χ2v) is 5.37. The molecular formula is C16H21N3. The number of likely N-dealkylation sites (tertiary alicyclic amines) is 1. The highest BCUT2D eigenvalue weighted by Crippen LogP contribution is 2.23. The smallest absolute Gasteiger partial charge is 0.0346 e. The van der Waals surface area contributed by atoms with Crippen molar-refractivity contribution in [2.45, 2.75) is 31.8 Å². The third-order valence-corrected chi connectivity index (χ3v) is 4.17. The van der Waals surface area contributed by atoms with Crippen LogP contribution in [0.4, 0.5) is 0 Å². The van der Waals surface area contributed by atoms with Gasteiger partial charge in [-0.15, -0.1) is 0 Å². The van der Waals surface area contributed by atoms with E-state index in [1.54, 1.807) is 0 Å². The third kappa shape index (κ3) is 2.62. The van der Waals surface area contributed by atoms with Crippen LogP contribution in [-0.4, -0.2) is 29.0 Å². The van der Waals surface area contributed by atoms with E-state index in [4.69, 9.17) is 5.73 Å². The van der Waals surface area contributed by atoms with Gasteiger partial charge in [0.15, 0.2) is 0 Å². The summed E-state index contributed by atoms with van der Waals surface area (Å²) >= 11 is 0. The molecule has 0 aliphatic carbocycles. The summed E-state index contributed by atoms with van der Waals surface area (Å²) in [6, 6.07) is 9.14. The van der Waals surface area contributed by atoms with Gasteiger partial charge in [0.1, 0.15) is 0 Å². The van der Waals surface area contributed by atoms with Crippen LogP contribution in [0.25, 0.3) is 10.8 Å². The second-order valence-electron chi connectivity index (χ2n) is 5.37. The first kappa shape index (κ1) is 12.6. The first-order valence-electron chi connectivity index (χ1n) is 7.14. The molecule has 2 aromatic rings. The fourth-order valence-corrected chi connectivity index (χ4v) is 3.08. The van der Waals surface area contributed by atoms with Gasteiger partial charge in [-0.1, -0.05) is 24.6 Å². The molecule has 1 fully saturated rings. The van der Waals surface area contributed by atoms with Gasteiger partial charge in [-0.05, 0) is 36.4 Å². The Morgan fingerprint density at radius 1 is 1.26 bits per heavy atom. The zero-order valence-electron chi connectivity index (χ0n) is 11.3. The lowest BCUT2D eigenvalue weighted by molar-refractivity contribution is 0.145. The summed E-state index contributed by atoms with van der Waals surface area (Å²) in [6.45, 7) is 2.94. The van der Waals surface area contributed by atoms with Gasteiger partial charge in [0.2, 0.25) is 0 Å². The van der Waals surface area contributed by atoms with Crippen molar-refractivity contribution in [2.75, 3.05) is 13.1 Å². The van der Waals surface area contributed by atoms with Gasteiger partial charge >= 0.3 is 0 Å². The van der Waals surface area contributed by atoms with Crippen molar-refractivity contribution in [1.82, 2.24) is 9.88 Å². The summed E-state index contributed by atoms with van der Waals surface area (Å²) in [5.74, 6) is 0. The van der Waals surface area contributed by atoms with Crippen LogP contribution in [-0.2, 0) is 6.54 Å². The molecule has 1 aliphatic rings. The van der Waals surface area contributed by atoms with E-state index in [-0.39, 0.29) is 0 Å². The van der Waals surface area contributed by atoms with E-state index >= 15 is 0 Å². The van der Waals surface area contributed by atoms with E-state index in [9.17, 15) is 0 Å². The Bertz CT molecular complexity index is 547. The van der Waals surface area contributed by atoms with Crippen LogP contribution in [0.3, 0.4) is 0 Å². The summed E-state index contributed by atoms with van der Waals surface area (Å²) < 4.78 is 0. The standard InChI is InChI=1S/C16H21N3/c17-10-15-6-1-2-9-19(15)12-14-5-3-4-13-11-18-8-7-16(13)14/h3-5,7-8,11,15H,1-2,6,9-10,12,17H2. The van der Waals surface area contributed by atoms with Crippen molar-refractivity contribution < 1.29 is 0 Å². The van der Waals surface area contributed by atoms with Crippen LogP contribution in [0, 0.1) is 0 Å². The second kappa shape index (κ2) is 5.68. The fourth-order valence-electron chi connectivity index (χ4n) is 3.08. The van der Waals surface area contributed by atoms with Crippen LogP contribution in [0.2, 0.25) is 0 Å². The fraction of sp³-hybridized carbons (Fsp3) is 0.438. The van der Waals surface area contributed by atoms with Gasteiger partial charge in [-0.25, -0.2) is 0 Å². The molecule has 0 saturated carbocycles. The first-order valence-corrected chi connectivity index (χ1v) is 7.14. The van der Waals surface area contributed by atoms with Crippen molar-refractivity contribution >= 4 is 10.8 Å². The zero-order chi connectivity index (χ0) is 13.1. The number of hydrogen-bond acceptors (Lipinski definition) is 3. The molecule has 3 nitrogen and oxygen atoms in total. The number of aromatic nitrogens is 1. The molecule has 1 atom stereocenters. The van der Waals surface area contributed by atoms with E-state index < -0.39 is 0 Å². The van der Waals surface area contributed by atoms with Crippen molar-refractivity contribution in [3.05, 3.63) is 42.2 Å². The molecule has 1 aromatic heterocycles.